The van der Waals surface area contributed by atoms with E-state index in [1.54, 1.807) is 48.5 Å². The first kappa shape index (κ1) is 16.2. The van der Waals surface area contributed by atoms with Crippen molar-refractivity contribution < 1.29 is 13.2 Å². The predicted molar refractivity (Wildman–Crippen MR) is 91.3 cm³/mol. The third kappa shape index (κ3) is 3.20. The first-order valence-corrected chi connectivity index (χ1v) is 9.27. The van der Waals surface area contributed by atoms with E-state index in [1.165, 1.54) is 0 Å². The highest BCUT2D eigenvalue weighted by Crippen LogP contribution is 2.40. The topological polar surface area (TPSA) is 43.4 Å². The van der Waals surface area contributed by atoms with Gasteiger partial charge in [0.05, 0.1) is 16.2 Å². The van der Waals surface area contributed by atoms with E-state index in [2.05, 4.69) is 6.58 Å². The Hall–Kier alpha value is -1.62. The van der Waals surface area contributed by atoms with Gasteiger partial charge >= 0.3 is 0 Å². The van der Waals surface area contributed by atoms with Crippen LogP contribution in [0.5, 0.6) is 0 Å². The Bertz CT molecular complexity index is 785. The van der Waals surface area contributed by atoms with E-state index in [0.29, 0.717) is 16.3 Å². The summed E-state index contributed by atoms with van der Waals surface area (Å²) in [4.78, 5) is 0.317. The monoisotopic (exact) mass is 348 g/mol. The van der Waals surface area contributed by atoms with Gasteiger partial charge in [0.15, 0.2) is 9.84 Å². The summed E-state index contributed by atoms with van der Waals surface area (Å²) in [6.07, 6.45) is 1.25. The smallest absolute Gasteiger partial charge is 0.184 e. The van der Waals surface area contributed by atoms with E-state index < -0.39 is 21.2 Å². The van der Waals surface area contributed by atoms with Gasteiger partial charge in [0, 0.05) is 5.02 Å². The fraction of sp³-hybridized carbons (Fsp3) is 0.222. The highest BCUT2D eigenvalue weighted by molar-refractivity contribution is 7.92. The molecule has 120 valence electrons. The molecule has 0 N–H and O–H groups in total. The summed E-state index contributed by atoms with van der Waals surface area (Å²) in [5, 5.41) is -0.0384. The van der Waals surface area contributed by atoms with E-state index in [9.17, 15) is 8.42 Å². The lowest BCUT2D eigenvalue weighted by Gasteiger charge is -2.19. The third-order valence-corrected chi connectivity index (χ3v) is 6.47. The minimum absolute atomic E-state index is 0.279. The van der Waals surface area contributed by atoms with E-state index in [1.807, 2.05) is 12.1 Å². The van der Waals surface area contributed by atoms with Crippen molar-refractivity contribution in [2.24, 2.45) is 0 Å². The van der Waals surface area contributed by atoms with Crippen molar-refractivity contribution in [1.82, 2.24) is 0 Å². The fourth-order valence-electron chi connectivity index (χ4n) is 2.86. The van der Waals surface area contributed by atoms with Gasteiger partial charge in [-0.3, -0.25) is 0 Å². The second kappa shape index (κ2) is 6.48. The highest BCUT2D eigenvalue weighted by atomic mass is 35.5. The molecule has 3 nitrogen and oxygen atoms in total. The second-order valence-corrected chi connectivity index (χ2v) is 8.12. The van der Waals surface area contributed by atoms with Gasteiger partial charge in [-0.25, -0.2) is 8.42 Å². The average Bonchev–Trinajstić information content (AvgIpc) is 3.01. The van der Waals surface area contributed by atoms with E-state index in [-0.39, 0.29) is 6.10 Å². The predicted octanol–water partition coefficient (Wildman–Crippen LogP) is 4.20. The molecule has 5 heteroatoms. The molecule has 1 aliphatic rings. The standard InChI is InChI=1S/C18H17ClO3S/c1-2-15-12-17(23(20,21)16-6-4-3-5-7-16)18(22-15)13-8-10-14(19)11-9-13/h2-11,15,17-18H,1,12H2/t15-,17-,18+/m1/s1. The van der Waals surface area contributed by atoms with Gasteiger partial charge in [-0.05, 0) is 36.2 Å². The van der Waals surface area contributed by atoms with Gasteiger partial charge in [-0.15, -0.1) is 6.58 Å². The molecular formula is C18H17ClO3S. The molecule has 1 heterocycles. The number of benzene rings is 2. The van der Waals surface area contributed by atoms with Gasteiger partial charge in [-0.1, -0.05) is 48.0 Å². The Morgan fingerprint density at radius 3 is 2.35 bits per heavy atom. The van der Waals surface area contributed by atoms with Crippen LogP contribution in [-0.2, 0) is 14.6 Å². The normalized spacial score (nSPS) is 24.5. The van der Waals surface area contributed by atoms with Crippen LogP contribution in [0.25, 0.3) is 0 Å². The van der Waals surface area contributed by atoms with Crippen LogP contribution in [0.1, 0.15) is 18.1 Å². The molecule has 0 spiro atoms. The van der Waals surface area contributed by atoms with Gasteiger partial charge in [-0.2, -0.15) is 0 Å². The zero-order chi connectivity index (χ0) is 16.4. The molecule has 2 aromatic carbocycles. The highest BCUT2D eigenvalue weighted by Gasteiger charge is 2.43. The zero-order valence-corrected chi connectivity index (χ0v) is 14.0. The Labute approximate surface area is 141 Å². The van der Waals surface area contributed by atoms with Crippen LogP contribution < -0.4 is 0 Å². The van der Waals surface area contributed by atoms with Gasteiger partial charge in [0.25, 0.3) is 0 Å². The van der Waals surface area contributed by atoms with Crippen molar-refractivity contribution in [2.45, 2.75) is 28.8 Å². The minimum atomic E-state index is -3.49. The van der Waals surface area contributed by atoms with Crippen molar-refractivity contribution >= 4 is 21.4 Å². The summed E-state index contributed by atoms with van der Waals surface area (Å²) in [5.74, 6) is 0. The summed E-state index contributed by atoms with van der Waals surface area (Å²) in [6, 6.07) is 15.6. The van der Waals surface area contributed by atoms with E-state index in [0.717, 1.165) is 5.56 Å². The number of ether oxygens (including phenoxy) is 1. The molecular weight excluding hydrogens is 332 g/mol. The molecule has 0 unspecified atom stereocenters. The van der Waals surface area contributed by atoms with Gasteiger partial charge in [0.2, 0.25) is 0 Å². The van der Waals surface area contributed by atoms with Crippen LogP contribution in [0.4, 0.5) is 0 Å². The van der Waals surface area contributed by atoms with Crippen molar-refractivity contribution in [3.8, 4) is 0 Å². The Morgan fingerprint density at radius 1 is 1.09 bits per heavy atom. The molecule has 1 aliphatic heterocycles. The van der Waals surface area contributed by atoms with Crippen LogP contribution in [0.3, 0.4) is 0 Å². The van der Waals surface area contributed by atoms with E-state index >= 15 is 0 Å². The number of halogens is 1. The zero-order valence-electron chi connectivity index (χ0n) is 12.4. The first-order valence-electron chi connectivity index (χ1n) is 7.35. The molecule has 23 heavy (non-hydrogen) atoms. The summed E-state index contributed by atoms with van der Waals surface area (Å²) >= 11 is 5.92. The van der Waals surface area contributed by atoms with Gasteiger partial charge < -0.3 is 4.74 Å². The minimum Gasteiger partial charge on any atom is -0.365 e. The molecule has 0 bridgehead atoms. The van der Waals surface area contributed by atoms with Gasteiger partial charge in [0.1, 0.15) is 6.10 Å². The molecule has 2 aromatic rings. The van der Waals surface area contributed by atoms with Crippen LogP contribution in [0.2, 0.25) is 5.02 Å². The summed E-state index contributed by atoms with van der Waals surface area (Å²) in [7, 11) is -3.49. The average molecular weight is 349 g/mol. The first-order chi connectivity index (χ1) is 11.0. The van der Waals surface area contributed by atoms with Crippen LogP contribution >= 0.6 is 11.6 Å². The quantitative estimate of drug-likeness (QED) is 0.778. The molecule has 1 fully saturated rings. The molecule has 0 aliphatic carbocycles. The van der Waals surface area contributed by atoms with E-state index in [4.69, 9.17) is 16.3 Å². The number of hydrogen-bond donors (Lipinski definition) is 0. The SMILES string of the molecule is C=C[C@@H]1C[C@@H](S(=O)(=O)c2ccccc2)[C@H](c2ccc(Cl)cc2)O1. The Kier molecular flexibility index (Phi) is 4.57. The molecule has 0 saturated carbocycles. The number of rotatable bonds is 4. The van der Waals surface area contributed by atoms with Crippen molar-refractivity contribution in [3.63, 3.8) is 0 Å². The van der Waals surface area contributed by atoms with Crippen molar-refractivity contribution in [3.05, 3.63) is 77.8 Å². The molecule has 0 aromatic heterocycles. The van der Waals surface area contributed by atoms with Crippen LogP contribution in [0, 0.1) is 0 Å². The van der Waals surface area contributed by atoms with Crippen molar-refractivity contribution in [2.75, 3.05) is 0 Å². The Morgan fingerprint density at radius 2 is 1.74 bits per heavy atom. The molecule has 0 radical (unpaired) electrons. The summed E-state index contributed by atoms with van der Waals surface area (Å²) in [5.41, 5.74) is 0.809. The molecule has 3 atom stereocenters. The molecule has 3 rings (SSSR count). The largest absolute Gasteiger partial charge is 0.365 e. The van der Waals surface area contributed by atoms with Crippen LogP contribution in [-0.4, -0.2) is 19.8 Å². The van der Waals surface area contributed by atoms with Crippen molar-refractivity contribution in [1.29, 1.82) is 0 Å². The number of sulfone groups is 1. The number of hydrogen-bond acceptors (Lipinski definition) is 3. The lowest BCUT2D eigenvalue weighted by atomic mass is 10.1. The molecule has 0 amide bonds. The lowest BCUT2D eigenvalue weighted by molar-refractivity contribution is 0.0720. The summed E-state index contributed by atoms with van der Waals surface area (Å²) in [6.45, 7) is 3.73. The molecule has 1 saturated heterocycles. The second-order valence-electron chi connectivity index (χ2n) is 5.51. The third-order valence-electron chi connectivity index (χ3n) is 4.06. The fourth-order valence-corrected chi connectivity index (χ4v) is 4.86. The summed E-state index contributed by atoms with van der Waals surface area (Å²) < 4.78 is 31.9. The maximum Gasteiger partial charge on any atom is 0.184 e. The van der Waals surface area contributed by atoms with Crippen LogP contribution in [0.15, 0.2) is 72.1 Å². The Balaban J connectivity index is 2.01. The lowest BCUT2D eigenvalue weighted by Crippen LogP contribution is -2.25. The maximum atomic E-state index is 13.0. The maximum absolute atomic E-state index is 13.0.